The first kappa shape index (κ1) is 17.0. The van der Waals surface area contributed by atoms with Crippen LogP contribution < -0.4 is 20.3 Å². The molecule has 2 amide bonds. The summed E-state index contributed by atoms with van der Waals surface area (Å²) in [6.07, 6.45) is 0.635. The van der Waals surface area contributed by atoms with Gasteiger partial charge < -0.3 is 20.3 Å². The molecular weight excluding hydrogens is 377 g/mol. The maximum Gasteiger partial charge on any atom is 0.262 e. The second kappa shape index (κ2) is 6.70. The third-order valence-corrected chi connectivity index (χ3v) is 4.91. The molecule has 4 rings (SSSR count). The molecule has 2 aromatic rings. The number of nitrogens with one attached hydrogen (secondary N) is 2. The molecular formula is C18H15Cl2N3O3. The molecule has 1 fully saturated rings. The molecule has 0 aliphatic carbocycles. The summed E-state index contributed by atoms with van der Waals surface area (Å²) in [6.45, 7) is 0.547. The van der Waals surface area contributed by atoms with Gasteiger partial charge in [0, 0.05) is 23.3 Å². The van der Waals surface area contributed by atoms with Crippen molar-refractivity contribution in [2.45, 2.75) is 12.5 Å². The highest BCUT2D eigenvalue weighted by molar-refractivity contribution is 6.34. The van der Waals surface area contributed by atoms with Crippen LogP contribution in [0.1, 0.15) is 6.42 Å². The highest BCUT2D eigenvalue weighted by Crippen LogP contribution is 2.37. The van der Waals surface area contributed by atoms with E-state index in [0.29, 0.717) is 40.1 Å². The van der Waals surface area contributed by atoms with E-state index >= 15 is 0 Å². The number of fused-ring (bicyclic) bond motifs is 1. The van der Waals surface area contributed by atoms with Crippen molar-refractivity contribution >= 4 is 52.1 Å². The lowest BCUT2D eigenvalue weighted by Crippen LogP contribution is -2.33. The Morgan fingerprint density at radius 3 is 2.85 bits per heavy atom. The molecule has 8 heteroatoms. The van der Waals surface area contributed by atoms with Crippen LogP contribution in [0, 0.1) is 0 Å². The molecule has 134 valence electrons. The predicted molar refractivity (Wildman–Crippen MR) is 101 cm³/mol. The summed E-state index contributed by atoms with van der Waals surface area (Å²) in [5, 5.41) is 6.88. The smallest absolute Gasteiger partial charge is 0.262 e. The Hall–Kier alpha value is -2.44. The van der Waals surface area contributed by atoms with E-state index in [-0.39, 0.29) is 18.4 Å². The van der Waals surface area contributed by atoms with Gasteiger partial charge in [-0.1, -0.05) is 29.3 Å². The van der Waals surface area contributed by atoms with Crippen molar-refractivity contribution < 1.29 is 14.3 Å². The van der Waals surface area contributed by atoms with Crippen molar-refractivity contribution in [2.24, 2.45) is 0 Å². The van der Waals surface area contributed by atoms with Gasteiger partial charge in [-0.15, -0.1) is 0 Å². The Bertz CT molecular complexity index is 903. The molecule has 2 N–H and O–H groups in total. The Labute approximate surface area is 160 Å². The first-order valence-electron chi connectivity index (χ1n) is 8.11. The van der Waals surface area contributed by atoms with Gasteiger partial charge in [0.15, 0.2) is 6.61 Å². The van der Waals surface area contributed by atoms with E-state index in [4.69, 9.17) is 27.9 Å². The molecule has 2 aliphatic rings. The number of ether oxygens (including phenoxy) is 1. The summed E-state index contributed by atoms with van der Waals surface area (Å²) in [5.74, 6) is 0.251. The molecule has 0 spiro atoms. The normalized spacial score (nSPS) is 19.0. The number of rotatable bonds is 3. The van der Waals surface area contributed by atoms with Gasteiger partial charge in [0.2, 0.25) is 5.91 Å². The van der Waals surface area contributed by atoms with E-state index in [9.17, 15) is 9.59 Å². The first-order valence-corrected chi connectivity index (χ1v) is 8.86. The SMILES string of the molecule is O=C1COc2cc(NC3CCN(c4cccc(Cl)c4)C3=O)c(Cl)cc2N1. The number of hydrogen-bond acceptors (Lipinski definition) is 4. The van der Waals surface area contributed by atoms with Crippen LogP contribution in [0.5, 0.6) is 5.75 Å². The van der Waals surface area contributed by atoms with Gasteiger partial charge in [-0.2, -0.15) is 0 Å². The predicted octanol–water partition coefficient (Wildman–Crippen LogP) is 3.54. The van der Waals surface area contributed by atoms with Gasteiger partial charge >= 0.3 is 0 Å². The number of amides is 2. The van der Waals surface area contributed by atoms with Gasteiger partial charge in [-0.05, 0) is 30.7 Å². The van der Waals surface area contributed by atoms with Crippen molar-refractivity contribution in [1.82, 2.24) is 0 Å². The van der Waals surface area contributed by atoms with Crippen LogP contribution in [0.25, 0.3) is 0 Å². The van der Waals surface area contributed by atoms with Crippen LogP contribution >= 0.6 is 23.2 Å². The number of halogens is 2. The van der Waals surface area contributed by atoms with E-state index in [0.717, 1.165) is 5.69 Å². The topological polar surface area (TPSA) is 70.7 Å². The van der Waals surface area contributed by atoms with Crippen molar-refractivity contribution in [1.29, 1.82) is 0 Å². The van der Waals surface area contributed by atoms with Crippen LogP contribution in [0.2, 0.25) is 10.0 Å². The van der Waals surface area contributed by atoms with Gasteiger partial charge in [-0.3, -0.25) is 9.59 Å². The molecule has 2 aromatic carbocycles. The molecule has 1 saturated heterocycles. The van der Waals surface area contributed by atoms with E-state index < -0.39 is 6.04 Å². The standard InChI is InChI=1S/C18H15Cl2N3O3/c19-10-2-1-3-11(6-10)23-5-4-13(18(23)25)21-14-8-16-15(7-12(14)20)22-17(24)9-26-16/h1-3,6-8,13,21H,4-5,9H2,(H,22,24). The fourth-order valence-corrected chi connectivity index (χ4v) is 3.52. The zero-order valence-electron chi connectivity index (χ0n) is 13.6. The van der Waals surface area contributed by atoms with E-state index in [1.165, 1.54) is 0 Å². The van der Waals surface area contributed by atoms with Crippen molar-refractivity contribution in [3.05, 3.63) is 46.4 Å². The Morgan fingerprint density at radius 2 is 2.04 bits per heavy atom. The van der Waals surface area contributed by atoms with Gasteiger partial charge in [0.1, 0.15) is 11.8 Å². The molecule has 6 nitrogen and oxygen atoms in total. The minimum Gasteiger partial charge on any atom is -0.482 e. The van der Waals surface area contributed by atoms with E-state index in [2.05, 4.69) is 10.6 Å². The third-order valence-electron chi connectivity index (χ3n) is 4.36. The van der Waals surface area contributed by atoms with Crippen LogP contribution in [-0.4, -0.2) is 31.0 Å². The molecule has 0 saturated carbocycles. The number of anilines is 3. The number of nitrogens with zero attached hydrogens (tertiary/aromatic N) is 1. The summed E-state index contributed by atoms with van der Waals surface area (Å²) in [4.78, 5) is 25.8. The zero-order chi connectivity index (χ0) is 18.3. The second-order valence-electron chi connectivity index (χ2n) is 6.12. The molecule has 0 radical (unpaired) electrons. The maximum absolute atomic E-state index is 12.8. The van der Waals surface area contributed by atoms with Gasteiger partial charge in [-0.25, -0.2) is 0 Å². The minimum atomic E-state index is -0.400. The molecule has 26 heavy (non-hydrogen) atoms. The quantitative estimate of drug-likeness (QED) is 0.839. The number of carbonyl (C=O) groups is 2. The van der Waals surface area contributed by atoms with Gasteiger partial charge in [0.25, 0.3) is 5.91 Å². The number of hydrogen-bond donors (Lipinski definition) is 2. The minimum absolute atomic E-state index is 0.0427. The third kappa shape index (κ3) is 3.18. The van der Waals surface area contributed by atoms with Crippen LogP contribution in [0.4, 0.5) is 17.1 Å². The average Bonchev–Trinajstić information content (AvgIpc) is 2.96. The van der Waals surface area contributed by atoms with Crippen LogP contribution in [0.3, 0.4) is 0 Å². The zero-order valence-corrected chi connectivity index (χ0v) is 15.1. The second-order valence-corrected chi connectivity index (χ2v) is 6.96. The molecule has 0 aromatic heterocycles. The Balaban J connectivity index is 1.53. The van der Waals surface area contributed by atoms with Crippen molar-refractivity contribution in [2.75, 3.05) is 28.7 Å². The maximum atomic E-state index is 12.8. The Morgan fingerprint density at radius 1 is 1.19 bits per heavy atom. The fourth-order valence-electron chi connectivity index (χ4n) is 3.11. The summed E-state index contributed by atoms with van der Waals surface area (Å²) in [5.41, 5.74) is 1.89. The Kier molecular flexibility index (Phi) is 4.38. The average molecular weight is 392 g/mol. The summed E-state index contributed by atoms with van der Waals surface area (Å²) in [6, 6.07) is 10.1. The largest absolute Gasteiger partial charge is 0.482 e. The molecule has 0 bridgehead atoms. The monoisotopic (exact) mass is 391 g/mol. The van der Waals surface area contributed by atoms with Crippen molar-refractivity contribution in [3.63, 3.8) is 0 Å². The molecule has 1 unspecified atom stereocenters. The van der Waals surface area contributed by atoms with E-state index in [1.54, 1.807) is 29.2 Å². The highest BCUT2D eigenvalue weighted by atomic mass is 35.5. The first-order chi connectivity index (χ1) is 12.5. The van der Waals surface area contributed by atoms with Crippen LogP contribution in [-0.2, 0) is 9.59 Å². The van der Waals surface area contributed by atoms with Crippen LogP contribution in [0.15, 0.2) is 36.4 Å². The lowest BCUT2D eigenvalue weighted by Gasteiger charge is -2.21. The molecule has 2 heterocycles. The number of benzene rings is 2. The molecule has 1 atom stereocenters. The highest BCUT2D eigenvalue weighted by Gasteiger charge is 2.33. The number of carbonyl (C=O) groups excluding carboxylic acids is 2. The fraction of sp³-hybridized carbons (Fsp3) is 0.222. The van der Waals surface area contributed by atoms with Crippen molar-refractivity contribution in [3.8, 4) is 5.75 Å². The summed E-state index contributed by atoms with van der Waals surface area (Å²) >= 11 is 12.3. The summed E-state index contributed by atoms with van der Waals surface area (Å²) < 4.78 is 5.41. The summed E-state index contributed by atoms with van der Waals surface area (Å²) in [7, 11) is 0. The lowest BCUT2D eigenvalue weighted by atomic mass is 10.2. The molecule has 2 aliphatic heterocycles. The lowest BCUT2D eigenvalue weighted by molar-refractivity contribution is -0.119. The van der Waals surface area contributed by atoms with Gasteiger partial charge in [0.05, 0.1) is 16.4 Å². The van der Waals surface area contributed by atoms with E-state index in [1.807, 2.05) is 12.1 Å².